The van der Waals surface area contributed by atoms with Crippen molar-refractivity contribution in [2.75, 3.05) is 6.61 Å². The Kier molecular flexibility index (Phi) is 22.9. The quantitative estimate of drug-likeness (QED) is 0.471. The molecule has 0 bridgehead atoms. The Morgan fingerprint density at radius 3 is 1.69 bits per heavy atom. The molecule has 0 amide bonds. The summed E-state index contributed by atoms with van der Waals surface area (Å²) >= 11 is 0. The molecule has 1 unspecified atom stereocenters. The van der Waals surface area contributed by atoms with E-state index in [1.807, 2.05) is 0 Å². The maximum Gasteiger partial charge on any atom is 0.394 e. The van der Waals surface area contributed by atoms with E-state index in [1.165, 1.54) is 19.3 Å². The Hall–Kier alpha value is -0.250. The first-order chi connectivity index (χ1) is 6.35. The normalized spacial score (nSPS) is 11.3. The van der Waals surface area contributed by atoms with Crippen LogP contribution in [0.5, 0.6) is 0 Å². The van der Waals surface area contributed by atoms with E-state index >= 15 is 0 Å². The fraction of sp³-hybridized carbons (Fsp3) is 1.00. The fourth-order valence-corrected chi connectivity index (χ4v) is 0.917. The minimum atomic E-state index is -4.67. The Morgan fingerprint density at radius 1 is 1.12 bits per heavy atom. The molecule has 0 radical (unpaired) electrons. The van der Waals surface area contributed by atoms with Crippen LogP contribution in [0.3, 0.4) is 0 Å². The molecule has 0 rings (SSSR count). The van der Waals surface area contributed by atoms with Gasteiger partial charge in [-0.2, -0.15) is 8.42 Å². The summed E-state index contributed by atoms with van der Waals surface area (Å²) < 4.78 is 31.6. The van der Waals surface area contributed by atoms with Gasteiger partial charge in [0.15, 0.2) is 0 Å². The molecule has 0 spiro atoms. The summed E-state index contributed by atoms with van der Waals surface area (Å²) in [7, 11) is -4.67. The molecule has 1 atom stereocenters. The van der Waals surface area contributed by atoms with Crippen LogP contribution in [0.4, 0.5) is 0 Å². The molecule has 0 aliphatic carbocycles. The van der Waals surface area contributed by atoms with Crippen molar-refractivity contribution in [1.82, 2.24) is 12.3 Å². The van der Waals surface area contributed by atoms with Gasteiger partial charge in [0.25, 0.3) is 0 Å². The van der Waals surface area contributed by atoms with Gasteiger partial charge in [0, 0.05) is 6.61 Å². The van der Waals surface area contributed by atoms with Crippen LogP contribution in [0.15, 0.2) is 0 Å². The van der Waals surface area contributed by atoms with Crippen molar-refractivity contribution in [3.8, 4) is 0 Å². The van der Waals surface area contributed by atoms with E-state index < -0.39 is 10.4 Å². The van der Waals surface area contributed by atoms with E-state index in [0.29, 0.717) is 12.5 Å². The minimum absolute atomic E-state index is 0. The first-order valence-corrected chi connectivity index (χ1v) is 6.05. The average Bonchev–Trinajstić information content (AvgIpc) is 2.04. The molecule has 0 aromatic rings. The summed E-state index contributed by atoms with van der Waals surface area (Å²) in [6.07, 6.45) is 4.83. The summed E-state index contributed by atoms with van der Waals surface area (Å²) in [5.74, 6) is 0.560. The van der Waals surface area contributed by atoms with Crippen molar-refractivity contribution in [2.24, 2.45) is 5.92 Å². The van der Waals surface area contributed by atoms with Crippen molar-refractivity contribution < 1.29 is 22.6 Å². The van der Waals surface area contributed by atoms with Crippen molar-refractivity contribution in [1.29, 1.82) is 0 Å². The predicted molar refractivity (Wildman–Crippen MR) is 64.6 cm³/mol. The van der Waals surface area contributed by atoms with E-state index in [9.17, 15) is 0 Å². The van der Waals surface area contributed by atoms with E-state index in [2.05, 4.69) is 13.8 Å². The van der Waals surface area contributed by atoms with Crippen molar-refractivity contribution in [3.63, 3.8) is 0 Å². The van der Waals surface area contributed by atoms with Gasteiger partial charge in [-0.05, 0) is 12.3 Å². The van der Waals surface area contributed by atoms with Gasteiger partial charge in [-0.15, -0.1) is 0 Å². The molecule has 0 aliphatic rings. The Bertz CT molecular complexity index is 196. The number of unbranched alkanes of at least 4 members (excludes halogenated alkanes) is 1. The standard InChI is InChI=1S/C8H18O.2H3N.H2O4S/c1-3-5-6-8(4-2)7-9;;;1-5(2,3)4/h8-9H,3-7H2,1-2H3;2*1H3;(H2,1,2,3,4). The molecule has 0 aromatic carbocycles. The lowest BCUT2D eigenvalue weighted by Crippen LogP contribution is -2.03. The number of rotatable bonds is 5. The van der Waals surface area contributed by atoms with Gasteiger partial charge in [-0.25, -0.2) is 0 Å². The summed E-state index contributed by atoms with van der Waals surface area (Å²) in [5.41, 5.74) is 0. The highest BCUT2D eigenvalue weighted by Crippen LogP contribution is 2.10. The molecule has 0 fully saturated rings. The molecule has 0 saturated carbocycles. The lowest BCUT2D eigenvalue weighted by atomic mass is 10.0. The van der Waals surface area contributed by atoms with Crippen LogP contribution in [0.25, 0.3) is 0 Å². The van der Waals surface area contributed by atoms with Crippen molar-refractivity contribution in [2.45, 2.75) is 39.5 Å². The van der Waals surface area contributed by atoms with E-state index in [0.717, 1.165) is 6.42 Å². The van der Waals surface area contributed by atoms with E-state index in [1.54, 1.807) is 0 Å². The molecule has 0 heterocycles. The lowest BCUT2D eigenvalue weighted by Gasteiger charge is -2.08. The molecule has 9 N–H and O–H groups in total. The first kappa shape index (κ1) is 24.8. The second-order valence-electron chi connectivity index (χ2n) is 3.05. The number of hydrogen-bond donors (Lipinski definition) is 5. The van der Waals surface area contributed by atoms with Gasteiger partial charge >= 0.3 is 10.4 Å². The maximum absolute atomic E-state index is 8.75. The monoisotopic (exact) mass is 262 g/mol. The highest BCUT2D eigenvalue weighted by molar-refractivity contribution is 7.79. The van der Waals surface area contributed by atoms with Crippen LogP contribution in [-0.4, -0.2) is 29.2 Å². The highest BCUT2D eigenvalue weighted by atomic mass is 32.3. The van der Waals surface area contributed by atoms with Crippen LogP contribution in [0.2, 0.25) is 0 Å². The largest absolute Gasteiger partial charge is 0.396 e. The van der Waals surface area contributed by atoms with Crippen LogP contribution < -0.4 is 12.3 Å². The topological polar surface area (TPSA) is 165 Å². The summed E-state index contributed by atoms with van der Waals surface area (Å²) in [6.45, 7) is 4.69. The Morgan fingerprint density at radius 2 is 1.50 bits per heavy atom. The van der Waals surface area contributed by atoms with Gasteiger partial charge < -0.3 is 17.4 Å². The van der Waals surface area contributed by atoms with Crippen molar-refractivity contribution in [3.05, 3.63) is 0 Å². The number of aliphatic hydroxyl groups is 1. The predicted octanol–water partition coefficient (Wildman–Crippen LogP) is 1.87. The third-order valence-corrected chi connectivity index (χ3v) is 1.80. The zero-order valence-electron chi connectivity index (χ0n) is 10.1. The van der Waals surface area contributed by atoms with Crippen LogP contribution in [-0.2, 0) is 10.4 Å². The number of hydrogen-bond acceptors (Lipinski definition) is 5. The zero-order valence-corrected chi connectivity index (χ0v) is 10.9. The van der Waals surface area contributed by atoms with E-state index in [4.69, 9.17) is 22.6 Å². The van der Waals surface area contributed by atoms with Gasteiger partial charge in [0.2, 0.25) is 0 Å². The molecule has 8 heteroatoms. The van der Waals surface area contributed by atoms with Gasteiger partial charge in [0.05, 0.1) is 0 Å². The van der Waals surface area contributed by atoms with Crippen LogP contribution in [0, 0.1) is 5.92 Å². The molecular formula is C8H26N2O5S. The van der Waals surface area contributed by atoms with Crippen LogP contribution in [0.1, 0.15) is 39.5 Å². The fourth-order valence-electron chi connectivity index (χ4n) is 0.917. The second-order valence-corrected chi connectivity index (χ2v) is 3.94. The average molecular weight is 262 g/mol. The lowest BCUT2D eigenvalue weighted by molar-refractivity contribution is 0.212. The molecule has 104 valence electrons. The van der Waals surface area contributed by atoms with Gasteiger partial charge in [-0.1, -0.05) is 33.1 Å². The van der Waals surface area contributed by atoms with E-state index in [-0.39, 0.29) is 12.3 Å². The Balaban J connectivity index is -0.0000000904. The summed E-state index contributed by atoms with van der Waals surface area (Å²) in [5, 5.41) is 8.75. The van der Waals surface area contributed by atoms with Crippen LogP contribution >= 0.6 is 0 Å². The molecular weight excluding hydrogens is 236 g/mol. The van der Waals surface area contributed by atoms with Gasteiger partial charge in [-0.3, -0.25) is 9.11 Å². The SMILES string of the molecule is CCCCC(CC)CO.N.N.O=S(=O)(O)O. The van der Waals surface area contributed by atoms with Crippen molar-refractivity contribution >= 4 is 10.4 Å². The number of aliphatic hydroxyl groups excluding tert-OH is 1. The summed E-state index contributed by atoms with van der Waals surface area (Å²) in [4.78, 5) is 0. The van der Waals surface area contributed by atoms with Gasteiger partial charge in [0.1, 0.15) is 0 Å². The first-order valence-electron chi connectivity index (χ1n) is 4.65. The smallest absolute Gasteiger partial charge is 0.394 e. The molecule has 0 aliphatic heterocycles. The third kappa shape index (κ3) is 37.2. The molecule has 16 heavy (non-hydrogen) atoms. The molecule has 7 nitrogen and oxygen atoms in total. The second kappa shape index (κ2) is 14.8. The summed E-state index contributed by atoms with van der Waals surface area (Å²) in [6, 6.07) is 0. The highest BCUT2D eigenvalue weighted by Gasteiger charge is 2.01. The molecule has 0 saturated heterocycles. The maximum atomic E-state index is 8.75. The minimum Gasteiger partial charge on any atom is -0.396 e. The zero-order chi connectivity index (χ0) is 11.6. The Labute approximate surface area is 98.0 Å². The third-order valence-electron chi connectivity index (χ3n) is 1.80. The molecule has 0 aromatic heterocycles.